The number of rotatable bonds is 3. The average molecular weight is 247 g/mol. The second-order valence-electron chi connectivity index (χ2n) is 3.40. The van der Waals surface area contributed by atoms with Gasteiger partial charge in [0, 0.05) is 13.1 Å². The Labute approximate surface area is 90.6 Å². The molecule has 2 heterocycles. The first-order chi connectivity index (χ1) is 7.38. The fourth-order valence-electron chi connectivity index (χ4n) is 1.34. The molecule has 9 nitrogen and oxygen atoms in total. The predicted molar refractivity (Wildman–Crippen MR) is 50.7 cm³/mol. The molecule has 0 bridgehead atoms. The van der Waals surface area contributed by atoms with E-state index in [-0.39, 0.29) is 24.8 Å². The number of carboxylic acid groups (broad SMARTS) is 1. The van der Waals surface area contributed by atoms with Crippen molar-refractivity contribution in [3.05, 3.63) is 11.9 Å². The van der Waals surface area contributed by atoms with E-state index < -0.39 is 16.2 Å². The second-order valence-corrected chi connectivity index (χ2v) is 4.95. The van der Waals surface area contributed by atoms with E-state index >= 15 is 0 Å². The van der Waals surface area contributed by atoms with Crippen LogP contribution in [-0.4, -0.2) is 51.9 Å². The van der Waals surface area contributed by atoms with Crippen molar-refractivity contribution in [2.45, 2.75) is 6.04 Å². The van der Waals surface area contributed by atoms with Crippen LogP contribution in [0.3, 0.4) is 0 Å². The molecular formula is C6H9N5O4S. The topological polar surface area (TPSA) is 131 Å². The fraction of sp³-hybridized carbons (Fsp3) is 0.500. The zero-order valence-electron chi connectivity index (χ0n) is 8.02. The van der Waals surface area contributed by atoms with Crippen LogP contribution in [0.25, 0.3) is 0 Å². The number of aromatic nitrogens is 3. The molecule has 0 spiro atoms. The highest BCUT2D eigenvalue weighted by molar-refractivity contribution is 7.86. The zero-order chi connectivity index (χ0) is 11.9. The van der Waals surface area contributed by atoms with Crippen LogP contribution in [0.5, 0.6) is 0 Å². The predicted octanol–water partition coefficient (Wildman–Crippen LogP) is -1.96. The molecule has 0 atom stereocenters. The molecule has 3 N–H and O–H groups in total. The summed E-state index contributed by atoms with van der Waals surface area (Å²) >= 11 is 0. The summed E-state index contributed by atoms with van der Waals surface area (Å²) in [7, 11) is -3.66. The third kappa shape index (κ3) is 1.89. The molecule has 1 fully saturated rings. The van der Waals surface area contributed by atoms with E-state index in [1.165, 1.54) is 10.9 Å². The van der Waals surface area contributed by atoms with Gasteiger partial charge >= 0.3 is 5.97 Å². The van der Waals surface area contributed by atoms with Crippen molar-refractivity contribution in [3.8, 4) is 0 Å². The van der Waals surface area contributed by atoms with Crippen LogP contribution < -0.4 is 5.14 Å². The van der Waals surface area contributed by atoms with E-state index in [4.69, 9.17) is 10.2 Å². The van der Waals surface area contributed by atoms with Crippen LogP contribution >= 0.6 is 0 Å². The minimum Gasteiger partial charge on any atom is -0.476 e. The van der Waals surface area contributed by atoms with E-state index in [2.05, 4.69) is 10.3 Å². The molecule has 0 aliphatic carbocycles. The average Bonchev–Trinajstić information content (AvgIpc) is 2.46. The molecule has 1 aliphatic heterocycles. The van der Waals surface area contributed by atoms with E-state index in [0.717, 1.165) is 4.31 Å². The molecule has 0 unspecified atom stereocenters. The first kappa shape index (κ1) is 11.0. The molecule has 0 aromatic carbocycles. The maximum absolute atomic E-state index is 10.9. The summed E-state index contributed by atoms with van der Waals surface area (Å²) in [6.07, 6.45) is 1.26. The Morgan fingerprint density at radius 3 is 2.62 bits per heavy atom. The summed E-state index contributed by atoms with van der Waals surface area (Å²) in [6, 6.07) is -0.209. The summed E-state index contributed by atoms with van der Waals surface area (Å²) in [5.74, 6) is -1.17. The summed E-state index contributed by atoms with van der Waals surface area (Å²) in [5, 5.41) is 20.5. The van der Waals surface area contributed by atoms with Crippen LogP contribution in [0, 0.1) is 0 Å². The SMILES string of the molecule is NS(=O)(=O)N1CC(n2cc(C(=O)O)nn2)C1. The third-order valence-corrected chi connectivity index (χ3v) is 3.31. The first-order valence-corrected chi connectivity index (χ1v) is 5.81. The highest BCUT2D eigenvalue weighted by Crippen LogP contribution is 2.21. The zero-order valence-corrected chi connectivity index (χ0v) is 8.83. The molecular weight excluding hydrogens is 238 g/mol. The summed E-state index contributed by atoms with van der Waals surface area (Å²) in [5.41, 5.74) is -0.172. The van der Waals surface area contributed by atoms with Crippen LogP contribution in [0.2, 0.25) is 0 Å². The van der Waals surface area contributed by atoms with E-state index in [0.29, 0.717) is 0 Å². The molecule has 2 rings (SSSR count). The highest BCUT2D eigenvalue weighted by Gasteiger charge is 2.35. The quantitative estimate of drug-likeness (QED) is 0.637. The molecule has 1 saturated heterocycles. The van der Waals surface area contributed by atoms with Gasteiger partial charge in [-0.05, 0) is 0 Å². The van der Waals surface area contributed by atoms with Crippen molar-refractivity contribution in [1.82, 2.24) is 19.3 Å². The monoisotopic (exact) mass is 247 g/mol. The summed E-state index contributed by atoms with van der Waals surface area (Å²) < 4.78 is 24.1. The van der Waals surface area contributed by atoms with Gasteiger partial charge in [0.1, 0.15) is 0 Å². The summed E-state index contributed by atoms with van der Waals surface area (Å²) in [6.45, 7) is 0.364. The van der Waals surface area contributed by atoms with Crippen LogP contribution in [0.15, 0.2) is 6.20 Å². The fourth-order valence-corrected chi connectivity index (χ4v) is 2.10. The Balaban J connectivity index is 2.04. The van der Waals surface area contributed by atoms with Crippen LogP contribution in [0.1, 0.15) is 16.5 Å². The molecule has 0 radical (unpaired) electrons. The van der Waals surface area contributed by atoms with E-state index in [1.807, 2.05) is 0 Å². The number of carbonyl (C=O) groups is 1. The van der Waals surface area contributed by atoms with Crippen molar-refractivity contribution in [2.75, 3.05) is 13.1 Å². The maximum atomic E-state index is 10.9. The van der Waals surface area contributed by atoms with Gasteiger partial charge in [-0.1, -0.05) is 5.21 Å². The van der Waals surface area contributed by atoms with Gasteiger partial charge in [0.25, 0.3) is 10.2 Å². The number of hydrogen-bond acceptors (Lipinski definition) is 5. The van der Waals surface area contributed by atoms with Crippen molar-refractivity contribution in [1.29, 1.82) is 0 Å². The number of carboxylic acids is 1. The lowest BCUT2D eigenvalue weighted by Gasteiger charge is -2.36. The Hall–Kier alpha value is -1.52. The number of nitrogens with two attached hydrogens (primary N) is 1. The molecule has 16 heavy (non-hydrogen) atoms. The minimum absolute atomic E-state index is 0.172. The molecule has 1 aromatic rings. The van der Waals surface area contributed by atoms with Gasteiger partial charge in [-0.15, -0.1) is 5.10 Å². The number of nitrogens with zero attached hydrogens (tertiary/aromatic N) is 4. The first-order valence-electron chi connectivity index (χ1n) is 4.31. The number of aromatic carboxylic acids is 1. The lowest BCUT2D eigenvalue weighted by Crippen LogP contribution is -2.53. The Morgan fingerprint density at radius 2 is 2.19 bits per heavy atom. The van der Waals surface area contributed by atoms with Crippen molar-refractivity contribution < 1.29 is 18.3 Å². The van der Waals surface area contributed by atoms with E-state index in [1.54, 1.807) is 0 Å². The molecule has 10 heteroatoms. The lowest BCUT2D eigenvalue weighted by molar-refractivity contribution is 0.0690. The molecule has 1 aromatic heterocycles. The van der Waals surface area contributed by atoms with Gasteiger partial charge in [0.2, 0.25) is 0 Å². The second kappa shape index (κ2) is 3.50. The van der Waals surface area contributed by atoms with Gasteiger partial charge in [-0.3, -0.25) is 0 Å². The minimum atomic E-state index is -3.66. The largest absolute Gasteiger partial charge is 0.476 e. The van der Waals surface area contributed by atoms with Crippen molar-refractivity contribution in [2.24, 2.45) is 5.14 Å². The molecule has 0 saturated carbocycles. The smallest absolute Gasteiger partial charge is 0.358 e. The van der Waals surface area contributed by atoms with Gasteiger partial charge in [0.05, 0.1) is 12.2 Å². The Morgan fingerprint density at radius 1 is 1.56 bits per heavy atom. The number of hydrogen-bond donors (Lipinski definition) is 2. The van der Waals surface area contributed by atoms with Crippen LogP contribution in [-0.2, 0) is 10.2 Å². The molecule has 88 valence electrons. The maximum Gasteiger partial charge on any atom is 0.358 e. The van der Waals surface area contributed by atoms with Gasteiger partial charge < -0.3 is 5.11 Å². The summed E-state index contributed by atoms with van der Waals surface area (Å²) in [4.78, 5) is 10.5. The van der Waals surface area contributed by atoms with Gasteiger partial charge in [0.15, 0.2) is 5.69 Å². The highest BCUT2D eigenvalue weighted by atomic mass is 32.2. The lowest BCUT2D eigenvalue weighted by atomic mass is 10.2. The standard InChI is InChI=1S/C6H9N5O4S/c7-16(14,15)10-1-4(2-10)11-3-5(6(12)13)8-9-11/h3-4H,1-2H2,(H,12,13)(H2,7,14,15). The normalized spacial score (nSPS) is 18.3. The van der Waals surface area contributed by atoms with Crippen molar-refractivity contribution in [3.63, 3.8) is 0 Å². The Kier molecular flexibility index (Phi) is 2.40. The molecule has 1 aliphatic rings. The third-order valence-electron chi connectivity index (χ3n) is 2.29. The molecule has 0 amide bonds. The van der Waals surface area contributed by atoms with E-state index in [9.17, 15) is 13.2 Å². The van der Waals surface area contributed by atoms with Gasteiger partial charge in [-0.2, -0.15) is 12.7 Å². The van der Waals surface area contributed by atoms with Crippen LogP contribution in [0.4, 0.5) is 0 Å². The Bertz CT molecular complexity index is 517. The van der Waals surface area contributed by atoms with Gasteiger partial charge in [-0.25, -0.2) is 14.6 Å². The van der Waals surface area contributed by atoms with Crippen molar-refractivity contribution >= 4 is 16.2 Å².